The molecule has 1 aliphatic rings. The van der Waals surface area contributed by atoms with Crippen LogP contribution < -0.4 is 5.32 Å². The molecule has 50 heavy (non-hydrogen) atoms. The van der Waals surface area contributed by atoms with Crippen LogP contribution in [0, 0.1) is 0 Å². The molecule has 0 aromatic rings. The molecular formula is C41H75NO8. The average Bonchev–Trinajstić information content (AvgIpc) is 3.11. The number of amides is 1. The van der Waals surface area contributed by atoms with E-state index in [-0.39, 0.29) is 12.5 Å². The first kappa shape index (κ1) is 46.4. The third-order valence-electron chi connectivity index (χ3n) is 9.45. The van der Waals surface area contributed by atoms with Crippen LogP contribution in [0.25, 0.3) is 0 Å². The first-order chi connectivity index (χ1) is 24.3. The molecule has 292 valence electrons. The van der Waals surface area contributed by atoms with Crippen molar-refractivity contribution < 1.29 is 39.8 Å². The average molecular weight is 710 g/mol. The van der Waals surface area contributed by atoms with Crippen LogP contribution in [0.2, 0.25) is 0 Å². The maximum Gasteiger partial charge on any atom is 0.220 e. The Labute approximate surface area is 304 Å². The summed E-state index contributed by atoms with van der Waals surface area (Å²) in [7, 11) is 0. The molecule has 0 aliphatic carbocycles. The fraction of sp³-hybridized carbons (Fsp3) is 0.829. The summed E-state index contributed by atoms with van der Waals surface area (Å²) in [6.45, 7) is 3.55. The van der Waals surface area contributed by atoms with Gasteiger partial charge in [0.15, 0.2) is 6.29 Å². The maximum atomic E-state index is 12.5. The number of carbonyl (C=O) groups excluding carboxylic acids is 1. The van der Waals surface area contributed by atoms with Crippen molar-refractivity contribution in [2.45, 2.75) is 204 Å². The molecule has 1 fully saturated rings. The van der Waals surface area contributed by atoms with Gasteiger partial charge in [0.2, 0.25) is 5.91 Å². The predicted molar refractivity (Wildman–Crippen MR) is 203 cm³/mol. The van der Waals surface area contributed by atoms with Crippen molar-refractivity contribution in [2.75, 3.05) is 13.2 Å². The standard InChI is InChI=1S/C41H75NO8/c1-3-5-7-8-9-10-11-12-13-14-15-16-17-18-19-20-21-22-23-24-25-26-27-29-30-35(44)34(42-37(45)31-28-6-4-2)33-49-41-40(48)39(47)38(46)36(32-43)50-41/h20-21,24-25,29-30,34-36,38-41,43-44,46-48H,3-19,22-23,26-28,31-33H2,1-2H3,(H,42,45)/b21-20+,25-24+,30-29+. The van der Waals surface area contributed by atoms with Crippen molar-refractivity contribution in [2.24, 2.45) is 0 Å². The third kappa shape index (κ3) is 23.1. The first-order valence-corrected chi connectivity index (χ1v) is 20.2. The lowest BCUT2D eigenvalue weighted by atomic mass is 9.99. The maximum absolute atomic E-state index is 12.5. The molecule has 9 nitrogen and oxygen atoms in total. The molecule has 0 radical (unpaired) electrons. The summed E-state index contributed by atoms with van der Waals surface area (Å²) < 4.78 is 11.0. The van der Waals surface area contributed by atoms with E-state index < -0.39 is 49.5 Å². The minimum atomic E-state index is -1.57. The largest absolute Gasteiger partial charge is 0.394 e. The van der Waals surface area contributed by atoms with Gasteiger partial charge in [0.25, 0.3) is 0 Å². The first-order valence-electron chi connectivity index (χ1n) is 20.2. The lowest BCUT2D eigenvalue weighted by molar-refractivity contribution is -0.302. The van der Waals surface area contributed by atoms with Crippen LogP contribution >= 0.6 is 0 Å². The minimum Gasteiger partial charge on any atom is -0.394 e. The van der Waals surface area contributed by atoms with Gasteiger partial charge in [0.1, 0.15) is 24.4 Å². The van der Waals surface area contributed by atoms with E-state index in [0.29, 0.717) is 6.42 Å². The Morgan fingerprint density at radius 1 is 0.660 bits per heavy atom. The summed E-state index contributed by atoms with van der Waals surface area (Å²) in [5.74, 6) is -0.218. The van der Waals surface area contributed by atoms with Gasteiger partial charge in [0.05, 0.1) is 25.4 Å². The van der Waals surface area contributed by atoms with E-state index in [9.17, 15) is 30.3 Å². The lowest BCUT2D eigenvalue weighted by Gasteiger charge is -2.40. The SMILES string of the molecule is CCCCCCCCCCCCCCCC/C=C/CC/C=C/CC/C=C/C(O)C(COC1OC(CO)C(O)C(O)C1O)NC(=O)CCCCC. The summed E-state index contributed by atoms with van der Waals surface area (Å²) in [6.07, 6.45) is 31.5. The van der Waals surface area contributed by atoms with Crippen LogP contribution in [0.3, 0.4) is 0 Å². The van der Waals surface area contributed by atoms with E-state index in [1.54, 1.807) is 6.08 Å². The molecule has 7 atom stereocenters. The van der Waals surface area contributed by atoms with Gasteiger partial charge in [-0.1, -0.05) is 147 Å². The van der Waals surface area contributed by atoms with Gasteiger partial charge in [0, 0.05) is 6.42 Å². The number of nitrogens with one attached hydrogen (secondary N) is 1. The molecule has 1 heterocycles. The summed E-state index contributed by atoms with van der Waals surface area (Å²) in [5, 5.41) is 53.4. The topological polar surface area (TPSA) is 149 Å². The smallest absolute Gasteiger partial charge is 0.220 e. The number of hydrogen-bond donors (Lipinski definition) is 6. The molecule has 1 aliphatic heterocycles. The predicted octanol–water partition coefficient (Wildman–Crippen LogP) is 7.33. The number of hydrogen-bond acceptors (Lipinski definition) is 8. The third-order valence-corrected chi connectivity index (χ3v) is 9.45. The van der Waals surface area contributed by atoms with Gasteiger partial charge in [-0.15, -0.1) is 0 Å². The van der Waals surface area contributed by atoms with E-state index in [4.69, 9.17) is 9.47 Å². The summed E-state index contributed by atoms with van der Waals surface area (Å²) >= 11 is 0. The monoisotopic (exact) mass is 710 g/mol. The van der Waals surface area contributed by atoms with Crippen LogP contribution in [0.1, 0.15) is 162 Å². The zero-order valence-electron chi connectivity index (χ0n) is 31.6. The number of ether oxygens (including phenoxy) is 2. The normalized spacial score (nSPS) is 22.6. The fourth-order valence-electron chi connectivity index (χ4n) is 6.13. The molecule has 0 aromatic heterocycles. The number of unbranched alkanes of at least 4 members (excludes halogenated alkanes) is 18. The van der Waals surface area contributed by atoms with Gasteiger partial charge in [-0.25, -0.2) is 0 Å². The Morgan fingerprint density at radius 3 is 1.68 bits per heavy atom. The molecule has 1 saturated heterocycles. The van der Waals surface area contributed by atoms with Crippen LogP contribution in [0.15, 0.2) is 36.5 Å². The highest BCUT2D eigenvalue weighted by Crippen LogP contribution is 2.22. The second-order valence-electron chi connectivity index (χ2n) is 14.1. The van der Waals surface area contributed by atoms with Crippen molar-refractivity contribution in [3.63, 3.8) is 0 Å². The highest BCUT2D eigenvalue weighted by molar-refractivity contribution is 5.76. The molecule has 1 rings (SSSR count). The van der Waals surface area contributed by atoms with Gasteiger partial charge < -0.3 is 40.3 Å². The van der Waals surface area contributed by atoms with Crippen molar-refractivity contribution in [1.29, 1.82) is 0 Å². The molecule has 0 saturated carbocycles. The Bertz CT molecular complexity index is 879. The Hall–Kier alpha value is -1.59. The molecule has 0 spiro atoms. The molecule has 6 N–H and O–H groups in total. The highest BCUT2D eigenvalue weighted by atomic mass is 16.7. The zero-order chi connectivity index (χ0) is 36.7. The number of carbonyl (C=O) groups is 1. The van der Waals surface area contributed by atoms with Crippen molar-refractivity contribution >= 4 is 5.91 Å². The summed E-state index contributed by atoms with van der Waals surface area (Å²) in [6, 6.07) is -0.820. The van der Waals surface area contributed by atoms with E-state index in [1.807, 2.05) is 6.08 Å². The lowest BCUT2D eigenvalue weighted by Crippen LogP contribution is -2.60. The van der Waals surface area contributed by atoms with Gasteiger partial charge in [-0.2, -0.15) is 0 Å². The van der Waals surface area contributed by atoms with Crippen LogP contribution in [-0.4, -0.2) is 87.5 Å². The molecule has 1 amide bonds. The van der Waals surface area contributed by atoms with E-state index in [1.165, 1.54) is 96.3 Å². The van der Waals surface area contributed by atoms with Crippen molar-refractivity contribution in [3.8, 4) is 0 Å². The molecule has 9 heteroatoms. The van der Waals surface area contributed by atoms with Crippen LogP contribution in [-0.2, 0) is 14.3 Å². The number of aliphatic hydroxyl groups is 5. The second-order valence-corrected chi connectivity index (χ2v) is 14.1. The fourth-order valence-corrected chi connectivity index (χ4v) is 6.13. The number of allylic oxidation sites excluding steroid dienone is 5. The van der Waals surface area contributed by atoms with Gasteiger partial charge in [-0.3, -0.25) is 4.79 Å². The van der Waals surface area contributed by atoms with Crippen LogP contribution in [0.5, 0.6) is 0 Å². The van der Waals surface area contributed by atoms with E-state index in [0.717, 1.165) is 44.9 Å². The van der Waals surface area contributed by atoms with Crippen molar-refractivity contribution in [1.82, 2.24) is 5.32 Å². The van der Waals surface area contributed by atoms with Crippen LogP contribution in [0.4, 0.5) is 0 Å². The second kappa shape index (κ2) is 32.1. The highest BCUT2D eigenvalue weighted by Gasteiger charge is 2.44. The van der Waals surface area contributed by atoms with Gasteiger partial charge in [-0.05, 0) is 44.9 Å². The van der Waals surface area contributed by atoms with E-state index >= 15 is 0 Å². The van der Waals surface area contributed by atoms with E-state index in [2.05, 4.69) is 43.5 Å². The van der Waals surface area contributed by atoms with Gasteiger partial charge >= 0.3 is 0 Å². The summed E-state index contributed by atoms with van der Waals surface area (Å²) in [4.78, 5) is 12.5. The number of rotatable bonds is 32. The quantitative estimate of drug-likeness (QED) is 0.0314. The Morgan fingerprint density at radius 2 is 1.14 bits per heavy atom. The Kier molecular flexibility index (Phi) is 29.8. The zero-order valence-corrected chi connectivity index (χ0v) is 31.6. The molecular weight excluding hydrogens is 634 g/mol. The molecule has 0 bridgehead atoms. The molecule has 0 aromatic carbocycles. The molecule has 7 unspecified atom stereocenters. The minimum absolute atomic E-state index is 0.208. The summed E-state index contributed by atoms with van der Waals surface area (Å²) in [5.41, 5.74) is 0. The number of aliphatic hydroxyl groups excluding tert-OH is 5. The Balaban J connectivity index is 2.23. The van der Waals surface area contributed by atoms with Crippen molar-refractivity contribution in [3.05, 3.63) is 36.5 Å².